The van der Waals surface area contributed by atoms with Crippen LogP contribution in [0.5, 0.6) is 5.75 Å². The summed E-state index contributed by atoms with van der Waals surface area (Å²) in [7, 11) is 0. The summed E-state index contributed by atoms with van der Waals surface area (Å²) in [6.07, 6.45) is 0. The fourth-order valence-corrected chi connectivity index (χ4v) is 3.04. The van der Waals surface area contributed by atoms with Gasteiger partial charge in [0.1, 0.15) is 17.9 Å². The van der Waals surface area contributed by atoms with Gasteiger partial charge in [-0.2, -0.15) is 0 Å². The van der Waals surface area contributed by atoms with Crippen LogP contribution in [0.4, 0.5) is 0 Å². The summed E-state index contributed by atoms with van der Waals surface area (Å²) in [6.45, 7) is 0.236. The lowest BCUT2D eigenvalue weighted by atomic mass is 10.0. The highest BCUT2D eigenvalue weighted by molar-refractivity contribution is 6.32. The summed E-state index contributed by atoms with van der Waals surface area (Å²) in [5, 5.41) is 3.53. The lowest BCUT2D eigenvalue weighted by Crippen LogP contribution is -2.04. The zero-order valence-electron chi connectivity index (χ0n) is 12.7. The van der Waals surface area contributed by atoms with Crippen molar-refractivity contribution in [2.45, 2.75) is 6.61 Å². The minimum Gasteiger partial charge on any atom is -0.487 e. The van der Waals surface area contributed by atoms with Crippen molar-refractivity contribution in [1.29, 1.82) is 0 Å². The molecule has 1 heterocycles. The number of ether oxygens (including phenoxy) is 1. The van der Waals surface area contributed by atoms with Gasteiger partial charge in [0.15, 0.2) is 0 Å². The third-order valence-corrected chi connectivity index (χ3v) is 4.25. The van der Waals surface area contributed by atoms with Crippen LogP contribution >= 0.6 is 11.6 Å². The monoisotopic (exact) mass is 336 g/mol. The van der Waals surface area contributed by atoms with E-state index in [-0.39, 0.29) is 6.61 Å². The number of fused-ring (bicyclic) bond motifs is 3. The molecule has 0 spiro atoms. The molecule has 3 nitrogen and oxygen atoms in total. The molecule has 4 heteroatoms. The molecule has 0 aliphatic carbocycles. The molecule has 0 saturated carbocycles. The van der Waals surface area contributed by atoms with Crippen LogP contribution in [0.3, 0.4) is 0 Å². The Labute approximate surface area is 143 Å². The van der Waals surface area contributed by atoms with Crippen LogP contribution in [0, 0.1) is 0 Å². The number of halogens is 1. The molecule has 4 rings (SSSR count). The molecule has 118 valence electrons. The Balaban J connectivity index is 1.86. The molecule has 4 aromatic rings. The Morgan fingerprint density at radius 2 is 1.75 bits per heavy atom. The van der Waals surface area contributed by atoms with Crippen molar-refractivity contribution in [3.05, 3.63) is 87.7 Å². The molecule has 0 aliphatic rings. The molecule has 0 atom stereocenters. The molecule has 0 unspecified atom stereocenters. The van der Waals surface area contributed by atoms with Gasteiger partial charge in [-0.05, 0) is 29.0 Å². The van der Waals surface area contributed by atoms with E-state index >= 15 is 0 Å². The van der Waals surface area contributed by atoms with E-state index in [0.29, 0.717) is 16.4 Å². The first kappa shape index (κ1) is 14.8. The number of benzene rings is 3. The molecular weight excluding hydrogens is 324 g/mol. The Morgan fingerprint density at radius 3 is 2.62 bits per heavy atom. The Kier molecular flexibility index (Phi) is 3.71. The second kappa shape index (κ2) is 6.02. The molecule has 0 amide bonds. The second-order valence-corrected chi connectivity index (χ2v) is 5.88. The summed E-state index contributed by atoms with van der Waals surface area (Å²) < 4.78 is 11.2. The minimum absolute atomic E-state index is 0.236. The topological polar surface area (TPSA) is 39.4 Å². The third kappa shape index (κ3) is 2.63. The van der Waals surface area contributed by atoms with Crippen LogP contribution in [0.15, 0.2) is 75.9 Å². The number of rotatable bonds is 3. The van der Waals surface area contributed by atoms with E-state index in [1.165, 1.54) is 6.07 Å². The zero-order chi connectivity index (χ0) is 16.5. The van der Waals surface area contributed by atoms with Gasteiger partial charge in [-0.25, -0.2) is 4.79 Å². The van der Waals surface area contributed by atoms with E-state index < -0.39 is 5.63 Å². The van der Waals surface area contributed by atoms with Crippen molar-refractivity contribution < 1.29 is 9.15 Å². The first-order valence-electron chi connectivity index (χ1n) is 7.54. The Morgan fingerprint density at radius 1 is 0.958 bits per heavy atom. The van der Waals surface area contributed by atoms with Gasteiger partial charge in [0.2, 0.25) is 0 Å². The highest BCUT2D eigenvalue weighted by Crippen LogP contribution is 2.29. The number of para-hydroxylation sites is 1. The van der Waals surface area contributed by atoms with E-state index in [2.05, 4.69) is 0 Å². The maximum atomic E-state index is 11.9. The fourth-order valence-electron chi connectivity index (χ4n) is 2.85. The van der Waals surface area contributed by atoms with Crippen molar-refractivity contribution in [3.8, 4) is 5.75 Å². The van der Waals surface area contributed by atoms with E-state index in [1.54, 1.807) is 12.1 Å². The molecular formula is C20H13ClO3. The van der Waals surface area contributed by atoms with Gasteiger partial charge in [0, 0.05) is 17.0 Å². The second-order valence-electron chi connectivity index (χ2n) is 5.47. The fraction of sp³-hybridized carbons (Fsp3) is 0.0500. The number of hydrogen-bond acceptors (Lipinski definition) is 3. The molecule has 0 N–H and O–H groups in total. The van der Waals surface area contributed by atoms with E-state index in [1.807, 2.05) is 48.5 Å². The molecule has 0 fully saturated rings. The van der Waals surface area contributed by atoms with Gasteiger partial charge < -0.3 is 9.15 Å². The molecule has 0 saturated heterocycles. The standard InChI is InChI=1S/C20H13ClO3/c21-16-7-3-4-8-17(16)23-12-14-11-19(22)24-18-10-9-13-5-1-2-6-15(13)20(14)18/h1-11H,12H2. The van der Waals surface area contributed by atoms with Crippen molar-refractivity contribution in [1.82, 2.24) is 0 Å². The summed E-state index contributed by atoms with van der Waals surface area (Å²) >= 11 is 6.13. The molecule has 1 aromatic heterocycles. The van der Waals surface area contributed by atoms with E-state index in [4.69, 9.17) is 20.8 Å². The lowest BCUT2D eigenvalue weighted by Gasteiger charge is -2.11. The summed E-state index contributed by atoms with van der Waals surface area (Å²) in [4.78, 5) is 11.9. The quantitative estimate of drug-likeness (QED) is 0.382. The first-order valence-corrected chi connectivity index (χ1v) is 7.92. The van der Waals surface area contributed by atoms with Crippen molar-refractivity contribution in [2.24, 2.45) is 0 Å². The summed E-state index contributed by atoms with van der Waals surface area (Å²) in [5.41, 5.74) is 0.937. The smallest absolute Gasteiger partial charge is 0.336 e. The van der Waals surface area contributed by atoms with Crippen LogP contribution in [0.2, 0.25) is 5.02 Å². The predicted molar refractivity (Wildman–Crippen MR) is 95.8 cm³/mol. The highest BCUT2D eigenvalue weighted by Gasteiger charge is 2.11. The van der Waals surface area contributed by atoms with Gasteiger partial charge in [0.05, 0.1) is 5.02 Å². The third-order valence-electron chi connectivity index (χ3n) is 3.93. The molecule has 0 radical (unpaired) electrons. The Bertz CT molecular complexity index is 1100. The summed E-state index contributed by atoms with van der Waals surface area (Å²) in [5.74, 6) is 0.584. The van der Waals surface area contributed by atoms with Gasteiger partial charge in [-0.3, -0.25) is 0 Å². The normalized spacial score (nSPS) is 11.0. The largest absolute Gasteiger partial charge is 0.487 e. The molecule has 0 bridgehead atoms. The van der Waals surface area contributed by atoms with Crippen LogP contribution in [-0.2, 0) is 6.61 Å². The van der Waals surface area contributed by atoms with Gasteiger partial charge in [-0.1, -0.05) is 54.1 Å². The minimum atomic E-state index is -0.393. The van der Waals surface area contributed by atoms with Crippen LogP contribution in [0.25, 0.3) is 21.7 Å². The van der Waals surface area contributed by atoms with E-state index in [9.17, 15) is 4.79 Å². The zero-order valence-corrected chi connectivity index (χ0v) is 13.4. The SMILES string of the molecule is O=c1cc(COc2ccccc2Cl)c2c(ccc3ccccc32)o1. The average Bonchev–Trinajstić information content (AvgIpc) is 2.60. The van der Waals surface area contributed by atoms with Crippen molar-refractivity contribution >= 4 is 33.3 Å². The first-order chi connectivity index (χ1) is 11.7. The van der Waals surface area contributed by atoms with Crippen LogP contribution < -0.4 is 10.4 Å². The number of hydrogen-bond donors (Lipinski definition) is 0. The average molecular weight is 337 g/mol. The summed E-state index contributed by atoms with van der Waals surface area (Å²) in [6, 6.07) is 20.5. The maximum absolute atomic E-state index is 11.9. The van der Waals surface area contributed by atoms with Crippen molar-refractivity contribution in [2.75, 3.05) is 0 Å². The molecule has 0 aliphatic heterocycles. The van der Waals surface area contributed by atoms with Gasteiger partial charge in [-0.15, -0.1) is 0 Å². The van der Waals surface area contributed by atoms with Crippen molar-refractivity contribution in [3.63, 3.8) is 0 Å². The highest BCUT2D eigenvalue weighted by atomic mass is 35.5. The molecule has 24 heavy (non-hydrogen) atoms. The Hall–Kier alpha value is -2.78. The van der Waals surface area contributed by atoms with Crippen LogP contribution in [-0.4, -0.2) is 0 Å². The van der Waals surface area contributed by atoms with Gasteiger partial charge in [0.25, 0.3) is 0 Å². The predicted octanol–water partition coefficient (Wildman–Crippen LogP) is 5.18. The maximum Gasteiger partial charge on any atom is 0.336 e. The van der Waals surface area contributed by atoms with Gasteiger partial charge >= 0.3 is 5.63 Å². The lowest BCUT2D eigenvalue weighted by molar-refractivity contribution is 0.307. The molecule has 3 aromatic carbocycles. The van der Waals surface area contributed by atoms with Crippen LogP contribution in [0.1, 0.15) is 5.56 Å². The van der Waals surface area contributed by atoms with E-state index in [0.717, 1.165) is 21.7 Å².